The molecule has 0 bridgehead atoms. The van der Waals surface area contributed by atoms with Crippen molar-refractivity contribution in [3.63, 3.8) is 0 Å². The zero-order valence-electron chi connectivity index (χ0n) is 16.7. The van der Waals surface area contributed by atoms with Gasteiger partial charge in [-0.3, -0.25) is 4.79 Å². The highest BCUT2D eigenvalue weighted by molar-refractivity contribution is 5.93. The molecule has 0 radical (unpaired) electrons. The van der Waals surface area contributed by atoms with Gasteiger partial charge in [-0.2, -0.15) is 5.10 Å². The minimum atomic E-state index is 0.00286. The SMILES string of the molecule is CC(C)c1ccccc1NC(=O)C1CCN(c2cc(-n3cncn3)ncn2)CC1. The van der Waals surface area contributed by atoms with Crippen molar-refractivity contribution in [1.82, 2.24) is 24.7 Å². The van der Waals surface area contributed by atoms with Gasteiger partial charge in [0.05, 0.1) is 0 Å². The van der Waals surface area contributed by atoms with E-state index in [1.54, 1.807) is 11.0 Å². The van der Waals surface area contributed by atoms with Crippen LogP contribution in [0.15, 0.2) is 49.3 Å². The van der Waals surface area contributed by atoms with E-state index < -0.39 is 0 Å². The van der Waals surface area contributed by atoms with Crippen molar-refractivity contribution in [2.24, 2.45) is 5.92 Å². The van der Waals surface area contributed by atoms with E-state index in [1.165, 1.54) is 18.2 Å². The van der Waals surface area contributed by atoms with Gasteiger partial charge in [0.15, 0.2) is 5.82 Å². The standard InChI is InChI=1S/C21H25N7O/c1-15(2)17-5-3-4-6-18(17)26-21(29)16-7-9-27(10-8-16)19-11-20(24-13-23-19)28-14-22-12-25-28/h3-6,11-16H,7-10H2,1-2H3,(H,26,29). The molecule has 1 N–H and O–H groups in total. The summed E-state index contributed by atoms with van der Waals surface area (Å²) in [7, 11) is 0. The smallest absolute Gasteiger partial charge is 0.227 e. The van der Waals surface area contributed by atoms with Crippen LogP contribution in [0.25, 0.3) is 5.82 Å². The molecule has 1 fully saturated rings. The summed E-state index contributed by atoms with van der Waals surface area (Å²) in [4.78, 5) is 27.6. The lowest BCUT2D eigenvalue weighted by atomic mass is 9.95. The highest BCUT2D eigenvalue weighted by Crippen LogP contribution is 2.27. The van der Waals surface area contributed by atoms with Crippen molar-refractivity contribution in [3.8, 4) is 5.82 Å². The topological polar surface area (TPSA) is 88.8 Å². The second-order valence-corrected chi connectivity index (χ2v) is 7.57. The molecule has 2 aromatic heterocycles. The Bertz CT molecular complexity index is 963. The molecule has 1 aliphatic rings. The van der Waals surface area contributed by atoms with E-state index in [0.717, 1.165) is 37.4 Å². The molecule has 8 heteroatoms. The Labute approximate surface area is 170 Å². The molecule has 1 aliphatic heterocycles. The largest absolute Gasteiger partial charge is 0.356 e. The van der Waals surface area contributed by atoms with Gasteiger partial charge in [-0.1, -0.05) is 32.0 Å². The van der Waals surface area contributed by atoms with Crippen molar-refractivity contribution in [3.05, 3.63) is 54.9 Å². The number of benzene rings is 1. The van der Waals surface area contributed by atoms with Crippen LogP contribution in [-0.4, -0.2) is 43.7 Å². The molecule has 0 atom stereocenters. The van der Waals surface area contributed by atoms with E-state index in [2.05, 4.69) is 50.2 Å². The third-order valence-corrected chi connectivity index (χ3v) is 5.32. The number of amides is 1. The second kappa shape index (κ2) is 8.38. The molecule has 1 saturated heterocycles. The normalized spacial score (nSPS) is 14.9. The summed E-state index contributed by atoms with van der Waals surface area (Å²) in [6.07, 6.45) is 6.20. The van der Waals surface area contributed by atoms with E-state index in [0.29, 0.717) is 11.7 Å². The lowest BCUT2D eigenvalue weighted by Crippen LogP contribution is -2.38. The van der Waals surface area contributed by atoms with Gasteiger partial charge < -0.3 is 10.2 Å². The fourth-order valence-corrected chi connectivity index (χ4v) is 3.68. The first-order chi connectivity index (χ1) is 14.1. The fraction of sp³-hybridized carbons (Fsp3) is 0.381. The van der Waals surface area contributed by atoms with Gasteiger partial charge in [-0.15, -0.1) is 0 Å². The number of aromatic nitrogens is 5. The minimum absolute atomic E-state index is 0.00286. The van der Waals surface area contributed by atoms with Crippen LogP contribution in [0.2, 0.25) is 0 Å². The van der Waals surface area contributed by atoms with Crippen LogP contribution >= 0.6 is 0 Å². The van der Waals surface area contributed by atoms with Crippen molar-refractivity contribution < 1.29 is 4.79 Å². The molecular weight excluding hydrogens is 366 g/mol. The number of nitrogens with one attached hydrogen (secondary N) is 1. The number of carbonyl (C=O) groups is 1. The first-order valence-corrected chi connectivity index (χ1v) is 9.93. The minimum Gasteiger partial charge on any atom is -0.356 e. The summed E-state index contributed by atoms with van der Waals surface area (Å²) >= 11 is 0. The Hall–Kier alpha value is -3.29. The molecule has 0 unspecified atom stereocenters. The van der Waals surface area contributed by atoms with Crippen LogP contribution in [0, 0.1) is 5.92 Å². The summed E-state index contributed by atoms with van der Waals surface area (Å²) in [5.74, 6) is 1.99. The van der Waals surface area contributed by atoms with Crippen LogP contribution in [0.3, 0.4) is 0 Å². The number of hydrogen-bond acceptors (Lipinski definition) is 6. The maximum Gasteiger partial charge on any atom is 0.227 e. The summed E-state index contributed by atoms with van der Waals surface area (Å²) < 4.78 is 1.61. The molecule has 3 heterocycles. The first-order valence-electron chi connectivity index (χ1n) is 9.93. The van der Waals surface area contributed by atoms with Crippen LogP contribution in [-0.2, 0) is 4.79 Å². The maximum absolute atomic E-state index is 12.8. The maximum atomic E-state index is 12.8. The lowest BCUT2D eigenvalue weighted by Gasteiger charge is -2.32. The molecule has 0 saturated carbocycles. The van der Waals surface area contributed by atoms with Crippen LogP contribution in [0.1, 0.15) is 38.2 Å². The average Bonchev–Trinajstić information content (AvgIpc) is 3.29. The van der Waals surface area contributed by atoms with Crippen molar-refractivity contribution in [1.29, 1.82) is 0 Å². The van der Waals surface area contributed by atoms with E-state index in [4.69, 9.17) is 0 Å². The monoisotopic (exact) mass is 391 g/mol. The third kappa shape index (κ3) is 4.26. The molecule has 29 heavy (non-hydrogen) atoms. The molecular formula is C21H25N7O. The van der Waals surface area contributed by atoms with Gasteiger partial charge >= 0.3 is 0 Å². The zero-order chi connectivity index (χ0) is 20.2. The fourth-order valence-electron chi connectivity index (χ4n) is 3.68. The quantitative estimate of drug-likeness (QED) is 0.719. The number of hydrogen-bond donors (Lipinski definition) is 1. The van der Waals surface area contributed by atoms with Gasteiger partial charge in [0.2, 0.25) is 5.91 Å². The highest BCUT2D eigenvalue weighted by Gasteiger charge is 2.26. The number of nitrogens with zero attached hydrogens (tertiary/aromatic N) is 6. The van der Waals surface area contributed by atoms with Gasteiger partial charge in [-0.05, 0) is 30.4 Å². The van der Waals surface area contributed by atoms with Crippen LogP contribution in [0.4, 0.5) is 11.5 Å². The summed E-state index contributed by atoms with van der Waals surface area (Å²) in [6.45, 7) is 5.83. The van der Waals surface area contributed by atoms with Crippen LogP contribution < -0.4 is 10.2 Å². The molecule has 1 amide bonds. The number of piperidine rings is 1. The first kappa shape index (κ1) is 19.0. The molecule has 1 aromatic carbocycles. The van der Waals surface area contributed by atoms with E-state index >= 15 is 0 Å². The van der Waals surface area contributed by atoms with E-state index in [9.17, 15) is 4.79 Å². The van der Waals surface area contributed by atoms with Gasteiger partial charge in [-0.25, -0.2) is 19.6 Å². The van der Waals surface area contributed by atoms with E-state index in [-0.39, 0.29) is 11.8 Å². The Balaban J connectivity index is 1.39. The summed E-state index contributed by atoms with van der Waals surface area (Å²) in [5, 5.41) is 7.25. The molecule has 4 rings (SSSR count). The number of carbonyl (C=O) groups excluding carboxylic acids is 1. The molecule has 150 valence electrons. The average molecular weight is 391 g/mol. The Morgan fingerprint density at radius 1 is 1.10 bits per heavy atom. The van der Waals surface area contributed by atoms with Crippen LogP contribution in [0.5, 0.6) is 0 Å². The highest BCUT2D eigenvalue weighted by atomic mass is 16.1. The Morgan fingerprint density at radius 2 is 1.86 bits per heavy atom. The Morgan fingerprint density at radius 3 is 2.59 bits per heavy atom. The van der Waals surface area contributed by atoms with Crippen molar-refractivity contribution >= 4 is 17.4 Å². The lowest BCUT2D eigenvalue weighted by molar-refractivity contribution is -0.120. The third-order valence-electron chi connectivity index (χ3n) is 5.32. The molecule has 3 aromatic rings. The van der Waals surface area contributed by atoms with Gasteiger partial charge in [0.1, 0.15) is 24.8 Å². The molecule has 0 aliphatic carbocycles. The number of para-hydroxylation sites is 1. The summed E-state index contributed by atoms with van der Waals surface area (Å²) in [6, 6.07) is 9.93. The predicted molar refractivity (Wildman–Crippen MR) is 111 cm³/mol. The van der Waals surface area contributed by atoms with E-state index in [1.807, 2.05) is 24.3 Å². The van der Waals surface area contributed by atoms with Gasteiger partial charge in [0.25, 0.3) is 0 Å². The summed E-state index contributed by atoms with van der Waals surface area (Å²) in [5.41, 5.74) is 2.09. The second-order valence-electron chi connectivity index (χ2n) is 7.57. The molecule has 0 spiro atoms. The Kier molecular flexibility index (Phi) is 5.50. The predicted octanol–water partition coefficient (Wildman–Crippen LogP) is 3.04. The van der Waals surface area contributed by atoms with Crippen molar-refractivity contribution in [2.75, 3.05) is 23.3 Å². The number of anilines is 2. The van der Waals surface area contributed by atoms with Crippen molar-refractivity contribution in [2.45, 2.75) is 32.6 Å². The zero-order valence-corrected chi connectivity index (χ0v) is 16.7. The van der Waals surface area contributed by atoms with Gasteiger partial charge in [0, 0.05) is 30.8 Å². The molecule has 8 nitrogen and oxygen atoms in total. The number of rotatable bonds is 5.